The van der Waals surface area contributed by atoms with Crippen LogP contribution >= 0.6 is 0 Å². The first kappa shape index (κ1) is 30.0. The molecular weight excluding hydrogens is 362 g/mol. The highest BCUT2D eigenvalue weighted by Gasteiger charge is 2.24. The van der Waals surface area contributed by atoms with E-state index in [0.717, 1.165) is 0 Å². The highest BCUT2D eigenvalue weighted by molar-refractivity contribution is 4.52. The molecule has 30 heavy (non-hydrogen) atoms. The van der Waals surface area contributed by atoms with Crippen LogP contribution in [0.5, 0.6) is 0 Å². The van der Waals surface area contributed by atoms with Crippen LogP contribution < -0.4 is 0 Å². The first-order valence-corrected chi connectivity index (χ1v) is 14.6. The Morgan fingerprint density at radius 1 is 0.267 bits per heavy atom. The molecule has 0 heterocycles. The number of quaternary nitrogens is 1. The predicted molar refractivity (Wildman–Crippen MR) is 139 cm³/mol. The summed E-state index contributed by atoms with van der Waals surface area (Å²) in [6, 6.07) is 0. The average Bonchev–Trinajstić information content (AvgIpc) is 2.77. The van der Waals surface area contributed by atoms with E-state index in [1.165, 1.54) is 165 Å². The van der Waals surface area contributed by atoms with Crippen LogP contribution in [0.15, 0.2) is 0 Å². The van der Waals surface area contributed by atoms with Crippen molar-refractivity contribution < 1.29 is 4.48 Å². The zero-order valence-electron chi connectivity index (χ0n) is 22.1. The van der Waals surface area contributed by atoms with Gasteiger partial charge in [0.15, 0.2) is 0 Å². The second-order valence-corrected chi connectivity index (χ2v) is 10.2. The number of rotatable bonds is 25. The van der Waals surface area contributed by atoms with Crippen molar-refractivity contribution in [2.75, 3.05) is 26.2 Å². The van der Waals surface area contributed by atoms with E-state index in [0.29, 0.717) is 0 Å². The molecule has 1 heteroatoms. The molecule has 1 nitrogen and oxygen atoms in total. The SMILES string of the molecule is CCCCCCCCCCCCCCCCC[N+](CCCC)(CCCC)CCCC. The summed E-state index contributed by atoms with van der Waals surface area (Å²) < 4.78 is 1.44. The predicted octanol–water partition coefficient (Wildman–Crippen LogP) is 10.1. The zero-order chi connectivity index (χ0) is 22.2. The Kier molecular flexibility index (Phi) is 23.6. The zero-order valence-corrected chi connectivity index (χ0v) is 22.1. The molecule has 182 valence electrons. The lowest BCUT2D eigenvalue weighted by Gasteiger charge is -2.39. The van der Waals surface area contributed by atoms with Crippen molar-refractivity contribution in [3.8, 4) is 0 Å². The van der Waals surface area contributed by atoms with Crippen LogP contribution in [-0.4, -0.2) is 30.7 Å². The molecule has 0 unspecified atom stereocenters. The minimum absolute atomic E-state index is 1.36. The first-order valence-electron chi connectivity index (χ1n) is 14.6. The molecule has 0 radical (unpaired) electrons. The molecule has 0 rings (SSSR count). The van der Waals surface area contributed by atoms with Gasteiger partial charge >= 0.3 is 0 Å². The summed E-state index contributed by atoms with van der Waals surface area (Å²) in [7, 11) is 0. The third-order valence-corrected chi connectivity index (χ3v) is 7.19. The molecule has 0 aliphatic heterocycles. The molecule has 0 atom stereocenters. The lowest BCUT2D eigenvalue weighted by molar-refractivity contribution is -0.929. The Morgan fingerprint density at radius 2 is 0.500 bits per heavy atom. The van der Waals surface area contributed by atoms with Crippen LogP contribution in [0.4, 0.5) is 0 Å². The first-order chi connectivity index (χ1) is 14.7. The standard InChI is InChI=1S/C29H62N/c1-5-9-13-14-15-16-17-18-19-20-21-22-23-24-25-29-30(26-10-6-2,27-11-7-3)28-12-8-4/h5-29H2,1-4H3/q+1. The van der Waals surface area contributed by atoms with Gasteiger partial charge in [-0.15, -0.1) is 0 Å². The Morgan fingerprint density at radius 3 is 0.800 bits per heavy atom. The normalized spacial score (nSPS) is 12.0. The van der Waals surface area contributed by atoms with Crippen LogP contribution in [0.25, 0.3) is 0 Å². The van der Waals surface area contributed by atoms with Gasteiger partial charge < -0.3 is 4.48 Å². The van der Waals surface area contributed by atoms with Crippen molar-refractivity contribution in [1.82, 2.24) is 0 Å². The molecule has 0 bridgehead atoms. The van der Waals surface area contributed by atoms with Crippen molar-refractivity contribution in [1.29, 1.82) is 0 Å². The fourth-order valence-electron chi connectivity index (χ4n) is 4.97. The monoisotopic (exact) mass is 424 g/mol. The summed E-state index contributed by atoms with van der Waals surface area (Å²) >= 11 is 0. The molecule has 0 fully saturated rings. The van der Waals surface area contributed by atoms with Crippen molar-refractivity contribution in [3.63, 3.8) is 0 Å². The maximum Gasteiger partial charge on any atom is 0.0786 e. The molecule has 0 amide bonds. The van der Waals surface area contributed by atoms with Gasteiger partial charge in [-0.2, -0.15) is 0 Å². The Bertz CT molecular complexity index is 290. The van der Waals surface area contributed by atoms with Gasteiger partial charge in [-0.1, -0.05) is 130 Å². The van der Waals surface area contributed by atoms with Gasteiger partial charge in [0.25, 0.3) is 0 Å². The minimum Gasteiger partial charge on any atom is -0.324 e. The fraction of sp³-hybridized carbons (Fsp3) is 1.00. The fourth-order valence-corrected chi connectivity index (χ4v) is 4.97. The van der Waals surface area contributed by atoms with Gasteiger partial charge in [-0.25, -0.2) is 0 Å². The summed E-state index contributed by atoms with van der Waals surface area (Å²) in [6.07, 6.45) is 30.4. The van der Waals surface area contributed by atoms with Crippen molar-refractivity contribution in [2.45, 2.75) is 163 Å². The summed E-state index contributed by atoms with van der Waals surface area (Å²) in [5, 5.41) is 0. The summed E-state index contributed by atoms with van der Waals surface area (Å²) in [5.41, 5.74) is 0. The molecule has 0 aromatic heterocycles. The van der Waals surface area contributed by atoms with E-state index in [-0.39, 0.29) is 0 Å². The maximum absolute atomic E-state index is 2.36. The van der Waals surface area contributed by atoms with E-state index in [1.807, 2.05) is 0 Å². The number of hydrogen-bond donors (Lipinski definition) is 0. The third kappa shape index (κ3) is 18.7. The van der Waals surface area contributed by atoms with E-state index >= 15 is 0 Å². The Balaban J connectivity index is 3.75. The third-order valence-electron chi connectivity index (χ3n) is 7.19. The van der Waals surface area contributed by atoms with Crippen molar-refractivity contribution in [3.05, 3.63) is 0 Å². The molecule has 0 aliphatic rings. The topological polar surface area (TPSA) is 0 Å². The summed E-state index contributed by atoms with van der Waals surface area (Å²) in [4.78, 5) is 0. The van der Waals surface area contributed by atoms with Gasteiger partial charge in [0.1, 0.15) is 0 Å². The molecule has 0 N–H and O–H groups in total. The van der Waals surface area contributed by atoms with Gasteiger partial charge in [-0.05, 0) is 32.1 Å². The van der Waals surface area contributed by atoms with Crippen molar-refractivity contribution in [2.24, 2.45) is 0 Å². The molecule has 0 aromatic carbocycles. The van der Waals surface area contributed by atoms with Crippen LogP contribution in [0.2, 0.25) is 0 Å². The van der Waals surface area contributed by atoms with Gasteiger partial charge in [-0.3, -0.25) is 0 Å². The minimum atomic E-state index is 1.36. The molecule has 0 aliphatic carbocycles. The lowest BCUT2D eigenvalue weighted by Crippen LogP contribution is -2.50. The highest BCUT2D eigenvalue weighted by atomic mass is 15.3. The van der Waals surface area contributed by atoms with E-state index < -0.39 is 0 Å². The second-order valence-electron chi connectivity index (χ2n) is 10.2. The van der Waals surface area contributed by atoms with Gasteiger partial charge in [0, 0.05) is 0 Å². The second kappa shape index (κ2) is 23.6. The number of unbranched alkanes of at least 4 members (excludes halogenated alkanes) is 17. The van der Waals surface area contributed by atoms with E-state index in [4.69, 9.17) is 0 Å². The lowest BCUT2D eigenvalue weighted by atomic mass is 10.0. The van der Waals surface area contributed by atoms with Crippen LogP contribution in [0.3, 0.4) is 0 Å². The quantitative estimate of drug-likeness (QED) is 0.101. The molecule has 0 spiro atoms. The largest absolute Gasteiger partial charge is 0.324 e. The molecule has 0 saturated heterocycles. The molecule has 0 aromatic rings. The van der Waals surface area contributed by atoms with Crippen LogP contribution in [0, 0.1) is 0 Å². The molecular formula is C29H62N+. The number of nitrogens with zero attached hydrogens (tertiary/aromatic N) is 1. The average molecular weight is 425 g/mol. The smallest absolute Gasteiger partial charge is 0.0786 e. The van der Waals surface area contributed by atoms with Crippen LogP contribution in [0.1, 0.15) is 163 Å². The summed E-state index contributed by atoms with van der Waals surface area (Å²) in [5.74, 6) is 0. The van der Waals surface area contributed by atoms with Gasteiger partial charge in [0.05, 0.1) is 26.2 Å². The molecule has 0 saturated carbocycles. The summed E-state index contributed by atoms with van der Waals surface area (Å²) in [6.45, 7) is 15.2. The van der Waals surface area contributed by atoms with E-state index in [2.05, 4.69) is 27.7 Å². The van der Waals surface area contributed by atoms with Gasteiger partial charge in [0.2, 0.25) is 0 Å². The van der Waals surface area contributed by atoms with Crippen LogP contribution in [-0.2, 0) is 0 Å². The number of hydrogen-bond acceptors (Lipinski definition) is 0. The Labute approximate surface area is 193 Å². The van der Waals surface area contributed by atoms with E-state index in [9.17, 15) is 0 Å². The van der Waals surface area contributed by atoms with Crippen molar-refractivity contribution >= 4 is 0 Å². The van der Waals surface area contributed by atoms with E-state index in [1.54, 1.807) is 0 Å². The highest BCUT2D eigenvalue weighted by Crippen LogP contribution is 2.18. The maximum atomic E-state index is 2.36. The Hall–Kier alpha value is -0.0400.